The van der Waals surface area contributed by atoms with Gasteiger partial charge in [-0.1, -0.05) is 6.07 Å². The molecule has 0 saturated carbocycles. The molecule has 0 fully saturated rings. The number of nitrogens with two attached hydrogens (primary N) is 1. The van der Waals surface area contributed by atoms with E-state index in [4.69, 9.17) is 11.0 Å². The van der Waals surface area contributed by atoms with Gasteiger partial charge < -0.3 is 5.73 Å². The van der Waals surface area contributed by atoms with Gasteiger partial charge in [-0.3, -0.25) is 4.21 Å². The van der Waals surface area contributed by atoms with Crippen LogP contribution in [-0.2, 0) is 20.6 Å². The Kier molecular flexibility index (Phi) is 6.33. The van der Waals surface area contributed by atoms with Gasteiger partial charge in [0, 0.05) is 28.3 Å². The van der Waals surface area contributed by atoms with Gasteiger partial charge in [0.1, 0.15) is 0 Å². The van der Waals surface area contributed by atoms with E-state index in [0.717, 1.165) is 0 Å². The van der Waals surface area contributed by atoms with Crippen molar-refractivity contribution in [3.8, 4) is 6.07 Å². The Morgan fingerprint density at radius 2 is 2.10 bits per heavy atom. The van der Waals surface area contributed by atoms with Gasteiger partial charge in [-0.2, -0.15) is 5.26 Å². The Bertz CT molecular complexity index is 619. The average molecular weight is 314 g/mol. The van der Waals surface area contributed by atoms with Gasteiger partial charge >= 0.3 is 0 Å². The summed E-state index contributed by atoms with van der Waals surface area (Å²) in [5.74, 6) is 0.310. The van der Waals surface area contributed by atoms with Crippen LogP contribution in [0.2, 0.25) is 0 Å². The molecule has 2 unspecified atom stereocenters. The Hall–Kier alpha value is -1.23. The summed E-state index contributed by atoms with van der Waals surface area (Å²) in [6.45, 7) is 1.82. The Morgan fingerprint density at radius 1 is 1.40 bits per heavy atom. The minimum atomic E-state index is -3.50. The lowest BCUT2D eigenvalue weighted by atomic mass is 10.2. The highest BCUT2D eigenvalue weighted by Gasteiger charge is 2.16. The average Bonchev–Trinajstić information content (AvgIpc) is 2.43. The highest BCUT2D eigenvalue weighted by Crippen LogP contribution is 2.13. The van der Waals surface area contributed by atoms with Gasteiger partial charge in [0.05, 0.1) is 22.3 Å². The van der Waals surface area contributed by atoms with Gasteiger partial charge in [-0.05, 0) is 31.5 Å². The van der Waals surface area contributed by atoms with E-state index < -0.39 is 20.6 Å². The lowest BCUT2D eigenvalue weighted by molar-refractivity contribution is 0.597. The largest absolute Gasteiger partial charge is 0.328 e. The molecule has 0 bridgehead atoms. The minimum Gasteiger partial charge on any atom is -0.328 e. The van der Waals surface area contributed by atoms with Crippen molar-refractivity contribution in [2.24, 2.45) is 5.73 Å². The number of rotatable bonds is 7. The number of hydrogen-bond acceptors (Lipinski definition) is 5. The van der Waals surface area contributed by atoms with Crippen molar-refractivity contribution in [2.45, 2.75) is 24.3 Å². The molecule has 2 atom stereocenters. The zero-order valence-electron chi connectivity index (χ0n) is 11.3. The topological polar surface area (TPSA) is 101 Å². The first kappa shape index (κ1) is 16.8. The van der Waals surface area contributed by atoms with Gasteiger partial charge in [-0.15, -0.1) is 0 Å². The van der Waals surface area contributed by atoms with Crippen LogP contribution in [0, 0.1) is 11.3 Å². The van der Waals surface area contributed by atoms with Crippen LogP contribution < -0.4 is 5.73 Å². The van der Waals surface area contributed by atoms with Crippen LogP contribution >= 0.6 is 0 Å². The maximum absolute atomic E-state index is 12.1. The molecule has 0 saturated heterocycles. The van der Waals surface area contributed by atoms with E-state index in [1.807, 2.05) is 13.0 Å². The summed E-state index contributed by atoms with van der Waals surface area (Å²) in [4.78, 5) is 0.0979. The molecule has 0 aliphatic rings. The van der Waals surface area contributed by atoms with E-state index >= 15 is 0 Å². The van der Waals surface area contributed by atoms with Crippen molar-refractivity contribution in [1.82, 2.24) is 0 Å². The zero-order valence-corrected chi connectivity index (χ0v) is 12.9. The second-order valence-corrected chi connectivity index (χ2v) is 8.38. The van der Waals surface area contributed by atoms with Crippen LogP contribution in [0.5, 0.6) is 0 Å². The summed E-state index contributed by atoms with van der Waals surface area (Å²) in [5.41, 5.74) is 5.86. The molecule has 1 aromatic rings. The summed E-state index contributed by atoms with van der Waals surface area (Å²) < 4.78 is 35.8. The minimum absolute atomic E-state index is 0.0390. The summed E-state index contributed by atoms with van der Waals surface area (Å²) >= 11 is 0. The van der Waals surface area contributed by atoms with Gasteiger partial charge in [-0.25, -0.2) is 8.42 Å². The molecule has 0 heterocycles. The monoisotopic (exact) mass is 314 g/mol. The Labute approximate surface area is 122 Å². The van der Waals surface area contributed by atoms with Crippen molar-refractivity contribution < 1.29 is 12.6 Å². The number of benzene rings is 1. The van der Waals surface area contributed by atoms with Crippen molar-refractivity contribution in [1.29, 1.82) is 5.26 Å². The lowest BCUT2D eigenvalue weighted by Gasteiger charge is -2.06. The maximum Gasteiger partial charge on any atom is 0.179 e. The normalized spacial score (nSPS) is 14.4. The molecule has 0 amide bonds. The number of hydrogen-bond donors (Lipinski definition) is 1. The number of nitrogens with zero attached hydrogens (tertiary/aromatic N) is 1. The predicted molar refractivity (Wildman–Crippen MR) is 79.4 cm³/mol. The molecule has 7 heteroatoms. The van der Waals surface area contributed by atoms with Crippen LogP contribution in [-0.4, -0.2) is 35.9 Å². The van der Waals surface area contributed by atoms with Gasteiger partial charge in [0.2, 0.25) is 0 Å². The van der Waals surface area contributed by atoms with E-state index in [9.17, 15) is 12.6 Å². The molecule has 0 radical (unpaired) electrons. The second kappa shape index (κ2) is 7.53. The Balaban J connectivity index is 2.66. The highest BCUT2D eigenvalue weighted by molar-refractivity contribution is 7.93. The Morgan fingerprint density at radius 3 is 2.70 bits per heavy atom. The first-order chi connectivity index (χ1) is 9.35. The molecule has 110 valence electrons. The molecule has 0 aliphatic heterocycles. The van der Waals surface area contributed by atoms with Crippen LogP contribution in [0.3, 0.4) is 0 Å². The molecule has 2 N–H and O–H groups in total. The van der Waals surface area contributed by atoms with E-state index in [0.29, 0.717) is 17.7 Å². The number of sulfone groups is 1. The van der Waals surface area contributed by atoms with E-state index in [1.165, 1.54) is 18.2 Å². The fraction of sp³-hybridized carbons (Fsp3) is 0.462. The lowest BCUT2D eigenvalue weighted by Crippen LogP contribution is -2.21. The van der Waals surface area contributed by atoms with Crippen molar-refractivity contribution in [2.75, 3.05) is 17.3 Å². The molecule has 1 aromatic carbocycles. The van der Waals surface area contributed by atoms with Crippen molar-refractivity contribution in [3.63, 3.8) is 0 Å². The van der Waals surface area contributed by atoms with Gasteiger partial charge in [0.15, 0.2) is 9.84 Å². The standard InChI is InChI=1S/C13H18N2O3S2/c1-11(15)5-6-19(16)7-8-20(17,18)13-4-2-3-12(9-13)10-14/h2-4,9,11H,5-8,15H2,1H3. The van der Waals surface area contributed by atoms with Crippen LogP contribution in [0.4, 0.5) is 0 Å². The molecule has 5 nitrogen and oxygen atoms in total. The predicted octanol–water partition coefficient (Wildman–Crippen LogP) is 0.818. The zero-order chi connectivity index (χ0) is 15.2. The number of nitriles is 1. The molecule has 0 aliphatic carbocycles. The first-order valence-corrected chi connectivity index (χ1v) is 9.32. The molecule has 20 heavy (non-hydrogen) atoms. The maximum atomic E-state index is 12.1. The third-order valence-electron chi connectivity index (χ3n) is 2.70. The SMILES string of the molecule is CC(N)CCS(=O)CCS(=O)(=O)c1cccc(C#N)c1. The second-order valence-electron chi connectivity index (χ2n) is 4.57. The molecular weight excluding hydrogens is 296 g/mol. The quantitative estimate of drug-likeness (QED) is 0.803. The first-order valence-electron chi connectivity index (χ1n) is 6.18. The third-order valence-corrected chi connectivity index (χ3v) is 6.03. The van der Waals surface area contributed by atoms with E-state index in [-0.39, 0.29) is 22.4 Å². The van der Waals surface area contributed by atoms with Crippen LogP contribution in [0.1, 0.15) is 18.9 Å². The van der Waals surface area contributed by atoms with Crippen molar-refractivity contribution in [3.05, 3.63) is 29.8 Å². The molecule has 0 aromatic heterocycles. The fourth-order valence-electron chi connectivity index (χ4n) is 1.50. The summed E-state index contributed by atoms with van der Waals surface area (Å²) in [6.07, 6.45) is 0.608. The smallest absolute Gasteiger partial charge is 0.179 e. The van der Waals surface area contributed by atoms with Crippen molar-refractivity contribution >= 4 is 20.6 Å². The molecule has 0 spiro atoms. The van der Waals surface area contributed by atoms with Crippen LogP contribution in [0.15, 0.2) is 29.2 Å². The highest BCUT2D eigenvalue weighted by atomic mass is 32.2. The van der Waals surface area contributed by atoms with E-state index in [1.54, 1.807) is 6.07 Å². The summed E-state index contributed by atoms with van der Waals surface area (Å²) in [7, 11) is -4.69. The summed E-state index contributed by atoms with van der Waals surface area (Å²) in [5, 5.41) is 8.76. The molecular formula is C13H18N2O3S2. The fourth-order valence-corrected chi connectivity index (χ4v) is 4.79. The van der Waals surface area contributed by atoms with Crippen LogP contribution in [0.25, 0.3) is 0 Å². The van der Waals surface area contributed by atoms with E-state index in [2.05, 4.69) is 0 Å². The summed E-state index contributed by atoms with van der Waals surface area (Å²) in [6, 6.07) is 7.71. The van der Waals surface area contributed by atoms with Gasteiger partial charge in [0.25, 0.3) is 0 Å². The third kappa shape index (κ3) is 5.41. The molecule has 1 rings (SSSR count).